The maximum Gasteiger partial charge on any atom is 0.313 e. The molecule has 3 fully saturated rings. The van der Waals surface area contributed by atoms with Gasteiger partial charge in [0.05, 0.1) is 0 Å². The van der Waals surface area contributed by atoms with E-state index in [1.54, 1.807) is 5.57 Å². The third-order valence-corrected chi connectivity index (χ3v) is 10.4. The predicted octanol–water partition coefficient (Wildman–Crippen LogP) is 6.66. The van der Waals surface area contributed by atoms with Crippen LogP contribution in [0.5, 0.6) is 0 Å². The van der Waals surface area contributed by atoms with Crippen LogP contribution in [0.3, 0.4) is 0 Å². The summed E-state index contributed by atoms with van der Waals surface area (Å²) >= 11 is 0. The van der Waals surface area contributed by atoms with Crippen molar-refractivity contribution in [2.24, 2.45) is 46.3 Å². The molecule has 30 heavy (non-hydrogen) atoms. The number of fused-ring (bicyclic) bond motifs is 5. The van der Waals surface area contributed by atoms with Crippen molar-refractivity contribution in [1.82, 2.24) is 0 Å². The van der Waals surface area contributed by atoms with Crippen molar-refractivity contribution in [3.8, 4) is 0 Å². The third-order valence-electron chi connectivity index (χ3n) is 10.4. The van der Waals surface area contributed by atoms with Gasteiger partial charge in [-0.15, -0.1) is 0 Å². The molecular weight excluding hydrogens is 372 g/mol. The quantitative estimate of drug-likeness (QED) is 0.288. The van der Waals surface area contributed by atoms with Crippen LogP contribution < -0.4 is 0 Å². The monoisotopic (exact) mass is 414 g/mol. The molecule has 0 saturated heterocycles. The van der Waals surface area contributed by atoms with Gasteiger partial charge in [0.25, 0.3) is 0 Å². The molecule has 0 heterocycles. The van der Waals surface area contributed by atoms with Crippen LogP contribution in [0.15, 0.2) is 11.6 Å². The molecule has 0 radical (unpaired) electrons. The second-order valence-corrected chi connectivity index (χ2v) is 11.7. The Kier molecular flexibility index (Phi) is 6.21. The molecule has 0 aromatic heterocycles. The van der Waals surface area contributed by atoms with Crippen molar-refractivity contribution in [1.29, 1.82) is 0 Å². The lowest BCUT2D eigenvalue weighted by molar-refractivity contribution is -0.143. The molecule has 0 spiro atoms. The maximum absolute atomic E-state index is 11.1. The molecular formula is C27H42O3. The van der Waals surface area contributed by atoms with E-state index in [1.165, 1.54) is 57.8 Å². The van der Waals surface area contributed by atoms with Gasteiger partial charge in [0.1, 0.15) is 12.2 Å². The highest BCUT2D eigenvalue weighted by Crippen LogP contribution is 2.67. The first-order chi connectivity index (χ1) is 14.3. The largest absolute Gasteiger partial charge is 0.481 e. The Hall–Kier alpha value is -1.12. The molecule has 3 saturated carbocycles. The van der Waals surface area contributed by atoms with Crippen molar-refractivity contribution >= 4 is 12.3 Å². The number of carboxylic acids is 1. The van der Waals surface area contributed by atoms with Crippen molar-refractivity contribution in [2.75, 3.05) is 0 Å². The molecule has 3 nitrogen and oxygen atoms in total. The first kappa shape index (κ1) is 22.1. The second kappa shape index (κ2) is 8.43. The molecule has 1 N–H and O–H groups in total. The molecule has 0 aromatic rings. The summed E-state index contributed by atoms with van der Waals surface area (Å²) in [5.41, 5.74) is 2.74. The molecule has 0 bridgehead atoms. The van der Waals surface area contributed by atoms with Gasteiger partial charge in [0.2, 0.25) is 0 Å². The van der Waals surface area contributed by atoms with Crippen LogP contribution in [0.1, 0.15) is 97.8 Å². The van der Waals surface area contributed by atoms with E-state index in [1.807, 2.05) is 0 Å². The molecule has 168 valence electrons. The minimum Gasteiger partial charge on any atom is -0.481 e. The molecule has 0 amide bonds. The highest BCUT2D eigenvalue weighted by atomic mass is 16.4. The van der Waals surface area contributed by atoms with Crippen molar-refractivity contribution in [3.05, 3.63) is 11.6 Å². The van der Waals surface area contributed by atoms with Gasteiger partial charge < -0.3 is 9.90 Å². The first-order valence-corrected chi connectivity index (χ1v) is 12.7. The SMILES string of the molecule is C[C@H](CCCC(C=O)C(=O)O)[C@H]1CC[C@H]2[C@@H]3CCC4=CCCC[C@]4(C)[C@H]3CC[C@]12C. The minimum atomic E-state index is -0.967. The maximum atomic E-state index is 11.1. The number of rotatable bonds is 7. The average Bonchev–Trinajstić information content (AvgIpc) is 3.07. The van der Waals surface area contributed by atoms with E-state index in [0.717, 1.165) is 36.5 Å². The van der Waals surface area contributed by atoms with Crippen molar-refractivity contribution < 1.29 is 14.7 Å². The van der Waals surface area contributed by atoms with Crippen LogP contribution in [-0.4, -0.2) is 17.4 Å². The molecule has 4 rings (SSSR count). The highest BCUT2D eigenvalue weighted by molar-refractivity contribution is 5.86. The fraction of sp³-hybridized carbons (Fsp3) is 0.852. The molecule has 1 unspecified atom stereocenters. The summed E-state index contributed by atoms with van der Waals surface area (Å²) < 4.78 is 0. The number of carbonyl (C=O) groups is 2. The van der Waals surface area contributed by atoms with Crippen LogP contribution >= 0.6 is 0 Å². The Morgan fingerprint density at radius 3 is 2.70 bits per heavy atom. The molecule has 0 aliphatic heterocycles. The van der Waals surface area contributed by atoms with Crippen LogP contribution in [0.2, 0.25) is 0 Å². The summed E-state index contributed by atoms with van der Waals surface area (Å²) in [5, 5.41) is 9.12. The highest BCUT2D eigenvalue weighted by Gasteiger charge is 2.59. The van der Waals surface area contributed by atoms with E-state index in [9.17, 15) is 9.59 Å². The molecule has 3 heteroatoms. The lowest BCUT2D eigenvalue weighted by Gasteiger charge is -2.58. The topological polar surface area (TPSA) is 54.4 Å². The lowest BCUT2D eigenvalue weighted by Crippen LogP contribution is -2.50. The number of hydrogen-bond donors (Lipinski definition) is 1. The van der Waals surface area contributed by atoms with Crippen LogP contribution in [0.25, 0.3) is 0 Å². The van der Waals surface area contributed by atoms with Gasteiger partial charge in [-0.3, -0.25) is 4.79 Å². The number of hydrogen-bond acceptors (Lipinski definition) is 2. The van der Waals surface area contributed by atoms with E-state index >= 15 is 0 Å². The average molecular weight is 415 g/mol. The van der Waals surface area contributed by atoms with Gasteiger partial charge in [0.15, 0.2) is 0 Å². The van der Waals surface area contributed by atoms with E-state index in [2.05, 4.69) is 26.8 Å². The number of carbonyl (C=O) groups excluding carboxylic acids is 1. The van der Waals surface area contributed by atoms with E-state index in [4.69, 9.17) is 5.11 Å². The fourth-order valence-corrected chi connectivity index (χ4v) is 8.84. The van der Waals surface area contributed by atoms with Crippen LogP contribution in [0.4, 0.5) is 0 Å². The lowest BCUT2D eigenvalue weighted by atomic mass is 9.46. The normalized spacial score (nSPS) is 42.3. The van der Waals surface area contributed by atoms with Gasteiger partial charge in [0, 0.05) is 0 Å². The fourth-order valence-electron chi connectivity index (χ4n) is 8.84. The molecule has 0 aromatic carbocycles. The second-order valence-electron chi connectivity index (χ2n) is 11.7. The zero-order valence-electron chi connectivity index (χ0n) is 19.4. The summed E-state index contributed by atoms with van der Waals surface area (Å²) in [7, 11) is 0. The zero-order valence-corrected chi connectivity index (χ0v) is 19.4. The van der Waals surface area contributed by atoms with E-state index in [-0.39, 0.29) is 0 Å². The standard InChI is InChI=1S/C27H42O3/c1-18(7-6-8-19(17-28)25(29)30)22-12-13-23-21-11-10-20-9-4-5-15-26(20,2)24(21)14-16-27(22,23)3/h9,17-19,21-24H,4-8,10-16H2,1-3H3,(H,29,30)/t18-,19?,21+,22-,23+,24+,26+,27-/m1/s1. The Bertz CT molecular complexity index is 696. The third kappa shape index (κ3) is 3.58. The summed E-state index contributed by atoms with van der Waals surface area (Å²) in [6.45, 7) is 7.59. The van der Waals surface area contributed by atoms with Crippen LogP contribution in [-0.2, 0) is 9.59 Å². The van der Waals surface area contributed by atoms with Gasteiger partial charge in [-0.25, -0.2) is 0 Å². The molecule has 8 atom stereocenters. The number of aliphatic carboxylic acids is 1. The Morgan fingerprint density at radius 2 is 1.97 bits per heavy atom. The summed E-state index contributed by atoms with van der Waals surface area (Å²) in [6.07, 6.45) is 18.0. The van der Waals surface area contributed by atoms with Crippen LogP contribution in [0, 0.1) is 46.3 Å². The smallest absolute Gasteiger partial charge is 0.313 e. The van der Waals surface area contributed by atoms with Gasteiger partial charge in [-0.1, -0.05) is 45.3 Å². The van der Waals surface area contributed by atoms with E-state index < -0.39 is 11.9 Å². The zero-order chi connectivity index (χ0) is 21.5. The Morgan fingerprint density at radius 1 is 1.17 bits per heavy atom. The predicted molar refractivity (Wildman–Crippen MR) is 120 cm³/mol. The first-order valence-electron chi connectivity index (χ1n) is 12.7. The summed E-state index contributed by atoms with van der Waals surface area (Å²) in [6, 6.07) is 0. The van der Waals surface area contributed by atoms with Gasteiger partial charge >= 0.3 is 5.97 Å². The number of allylic oxidation sites excluding steroid dienone is 2. The van der Waals surface area contributed by atoms with Crippen molar-refractivity contribution in [2.45, 2.75) is 97.8 Å². The van der Waals surface area contributed by atoms with Gasteiger partial charge in [-0.2, -0.15) is 0 Å². The number of aldehydes is 1. The van der Waals surface area contributed by atoms with Gasteiger partial charge in [-0.05, 0) is 105 Å². The number of carboxylic acid groups (broad SMARTS) is 1. The summed E-state index contributed by atoms with van der Waals surface area (Å²) in [5.74, 6) is 2.29. The summed E-state index contributed by atoms with van der Waals surface area (Å²) in [4.78, 5) is 22.1. The van der Waals surface area contributed by atoms with E-state index in [0.29, 0.717) is 29.5 Å². The molecule has 4 aliphatic rings. The minimum absolute atomic E-state index is 0.462. The Labute approximate surface area is 183 Å². The van der Waals surface area contributed by atoms with Crippen molar-refractivity contribution in [3.63, 3.8) is 0 Å². The molecule has 4 aliphatic carbocycles. The Balaban J connectivity index is 1.42.